The number of aromatic nitrogens is 2. The molecular formula is C16H26N4O4. The first kappa shape index (κ1) is 19.7. The summed E-state index contributed by atoms with van der Waals surface area (Å²) in [5.41, 5.74) is -1.18. The molecule has 1 aromatic heterocycles. The Balaban J connectivity index is 2.70. The normalized spacial score (nSPS) is 11.6. The Hall–Kier alpha value is -2.38. The number of rotatable bonds is 3. The standard InChI is InChI=1S/C16H26N4O4/c1-15(2,3)23-13(21)18-10-11-17-9-8-12(19-11)20(7)14(22)24-16(4,5)6/h8-9H,10H2,1-7H3,(H,18,21). The third kappa shape index (κ3) is 7.26. The van der Waals surface area contributed by atoms with Crippen LogP contribution in [0.15, 0.2) is 12.3 Å². The van der Waals surface area contributed by atoms with E-state index < -0.39 is 23.4 Å². The minimum absolute atomic E-state index is 0.0882. The van der Waals surface area contributed by atoms with Gasteiger partial charge < -0.3 is 14.8 Å². The summed E-state index contributed by atoms with van der Waals surface area (Å²) in [4.78, 5) is 33.3. The van der Waals surface area contributed by atoms with Gasteiger partial charge in [-0.05, 0) is 47.6 Å². The first-order valence-electron chi connectivity index (χ1n) is 7.63. The van der Waals surface area contributed by atoms with Crippen molar-refractivity contribution in [2.45, 2.75) is 59.3 Å². The Bertz CT molecular complexity index is 590. The smallest absolute Gasteiger partial charge is 0.415 e. The summed E-state index contributed by atoms with van der Waals surface area (Å²) in [6, 6.07) is 1.58. The van der Waals surface area contributed by atoms with Crippen molar-refractivity contribution in [2.75, 3.05) is 11.9 Å². The van der Waals surface area contributed by atoms with Crippen LogP contribution in [0, 0.1) is 0 Å². The molecule has 0 fully saturated rings. The van der Waals surface area contributed by atoms with Gasteiger partial charge >= 0.3 is 12.2 Å². The van der Waals surface area contributed by atoms with Crippen LogP contribution in [-0.2, 0) is 16.0 Å². The molecule has 0 aliphatic rings. The summed E-state index contributed by atoms with van der Waals surface area (Å²) in [6.45, 7) is 10.8. The highest BCUT2D eigenvalue weighted by atomic mass is 16.6. The van der Waals surface area contributed by atoms with Crippen LogP contribution in [0.4, 0.5) is 15.4 Å². The molecule has 24 heavy (non-hydrogen) atoms. The van der Waals surface area contributed by atoms with E-state index in [9.17, 15) is 9.59 Å². The second kappa shape index (κ2) is 7.46. The van der Waals surface area contributed by atoms with E-state index in [-0.39, 0.29) is 6.54 Å². The van der Waals surface area contributed by atoms with Gasteiger partial charge in [-0.2, -0.15) is 0 Å². The lowest BCUT2D eigenvalue weighted by Crippen LogP contribution is -2.35. The molecule has 1 heterocycles. The number of hydrogen-bond acceptors (Lipinski definition) is 6. The summed E-state index contributed by atoms with van der Waals surface area (Å²) in [7, 11) is 1.56. The van der Waals surface area contributed by atoms with Crippen molar-refractivity contribution in [3.63, 3.8) is 0 Å². The molecule has 0 saturated heterocycles. The Morgan fingerprint density at radius 1 is 1.12 bits per heavy atom. The molecule has 1 aromatic rings. The maximum atomic E-state index is 12.0. The Kier molecular flexibility index (Phi) is 6.11. The molecule has 0 aromatic carbocycles. The fourth-order valence-corrected chi connectivity index (χ4v) is 1.55. The summed E-state index contributed by atoms with van der Waals surface area (Å²) in [5, 5.41) is 2.57. The van der Waals surface area contributed by atoms with Gasteiger partial charge in [-0.15, -0.1) is 0 Å². The number of ether oxygens (including phenoxy) is 2. The number of alkyl carbamates (subject to hydrolysis) is 1. The number of nitrogens with zero attached hydrogens (tertiary/aromatic N) is 3. The zero-order valence-corrected chi connectivity index (χ0v) is 15.3. The van der Waals surface area contributed by atoms with Crippen molar-refractivity contribution in [2.24, 2.45) is 0 Å². The molecule has 1 N–H and O–H groups in total. The van der Waals surface area contributed by atoms with E-state index in [0.29, 0.717) is 11.6 Å². The molecule has 2 amide bonds. The molecule has 1 rings (SSSR count). The van der Waals surface area contributed by atoms with Crippen LogP contribution < -0.4 is 10.2 Å². The van der Waals surface area contributed by atoms with E-state index in [2.05, 4.69) is 15.3 Å². The van der Waals surface area contributed by atoms with Crippen LogP contribution in [-0.4, -0.2) is 40.4 Å². The Morgan fingerprint density at radius 3 is 2.25 bits per heavy atom. The van der Waals surface area contributed by atoms with Crippen LogP contribution in [0.3, 0.4) is 0 Å². The predicted octanol–water partition coefficient (Wildman–Crippen LogP) is 2.87. The highest BCUT2D eigenvalue weighted by Gasteiger charge is 2.21. The molecule has 0 spiro atoms. The zero-order chi connectivity index (χ0) is 18.5. The van der Waals surface area contributed by atoms with Gasteiger partial charge in [0.15, 0.2) is 0 Å². The molecule has 0 saturated carbocycles. The minimum Gasteiger partial charge on any atom is -0.444 e. The second-order valence-electron chi connectivity index (χ2n) is 7.23. The summed E-state index contributed by atoms with van der Waals surface area (Å²) < 4.78 is 10.4. The molecule has 0 aliphatic heterocycles. The van der Waals surface area contributed by atoms with E-state index >= 15 is 0 Å². The molecule has 8 heteroatoms. The molecule has 134 valence electrons. The topological polar surface area (TPSA) is 93.7 Å². The molecule has 0 aliphatic carbocycles. The number of hydrogen-bond donors (Lipinski definition) is 1. The maximum Gasteiger partial charge on any atom is 0.415 e. The van der Waals surface area contributed by atoms with Gasteiger partial charge in [-0.25, -0.2) is 19.6 Å². The molecule has 0 unspecified atom stereocenters. The van der Waals surface area contributed by atoms with Crippen molar-refractivity contribution in [3.8, 4) is 0 Å². The number of anilines is 1. The maximum absolute atomic E-state index is 12.0. The molecule has 0 bridgehead atoms. The summed E-state index contributed by atoms with van der Waals surface area (Å²) >= 11 is 0. The largest absolute Gasteiger partial charge is 0.444 e. The highest BCUT2D eigenvalue weighted by Crippen LogP contribution is 2.14. The van der Waals surface area contributed by atoms with E-state index in [0.717, 1.165) is 0 Å². The molecular weight excluding hydrogens is 312 g/mol. The van der Waals surface area contributed by atoms with E-state index in [1.165, 1.54) is 11.1 Å². The van der Waals surface area contributed by atoms with E-state index in [4.69, 9.17) is 9.47 Å². The third-order valence-electron chi connectivity index (χ3n) is 2.49. The fraction of sp³-hybridized carbons (Fsp3) is 0.625. The van der Waals surface area contributed by atoms with Crippen LogP contribution in [0.2, 0.25) is 0 Å². The van der Waals surface area contributed by atoms with Crippen LogP contribution >= 0.6 is 0 Å². The van der Waals surface area contributed by atoms with E-state index in [1.54, 1.807) is 54.7 Å². The lowest BCUT2D eigenvalue weighted by atomic mass is 10.2. The van der Waals surface area contributed by atoms with Gasteiger partial charge in [0.25, 0.3) is 0 Å². The van der Waals surface area contributed by atoms with Gasteiger partial charge in [0.2, 0.25) is 0 Å². The lowest BCUT2D eigenvalue weighted by molar-refractivity contribution is 0.0519. The SMILES string of the molecule is CN(C(=O)OC(C)(C)C)c1ccnc(CNC(=O)OC(C)(C)C)n1. The van der Waals surface area contributed by atoms with Gasteiger partial charge in [-0.1, -0.05) is 0 Å². The molecule has 0 atom stereocenters. The van der Waals surface area contributed by atoms with Crippen LogP contribution in [0.5, 0.6) is 0 Å². The molecule has 0 radical (unpaired) electrons. The average molecular weight is 338 g/mol. The first-order chi connectivity index (χ1) is 10.9. The molecule has 8 nitrogen and oxygen atoms in total. The zero-order valence-electron chi connectivity index (χ0n) is 15.3. The van der Waals surface area contributed by atoms with Gasteiger partial charge in [0, 0.05) is 13.2 Å². The van der Waals surface area contributed by atoms with Crippen molar-refractivity contribution < 1.29 is 19.1 Å². The van der Waals surface area contributed by atoms with Crippen LogP contribution in [0.1, 0.15) is 47.4 Å². The predicted molar refractivity (Wildman–Crippen MR) is 89.7 cm³/mol. The first-order valence-corrected chi connectivity index (χ1v) is 7.63. The Morgan fingerprint density at radius 2 is 1.71 bits per heavy atom. The Labute approximate surface area is 142 Å². The monoisotopic (exact) mass is 338 g/mol. The number of carbonyl (C=O) groups excluding carboxylic acids is 2. The van der Waals surface area contributed by atoms with Gasteiger partial charge in [0.1, 0.15) is 22.8 Å². The van der Waals surface area contributed by atoms with Crippen LogP contribution in [0.25, 0.3) is 0 Å². The number of carbonyl (C=O) groups is 2. The summed E-state index contributed by atoms with van der Waals surface area (Å²) in [5.74, 6) is 0.731. The second-order valence-corrected chi connectivity index (χ2v) is 7.23. The number of amides is 2. The third-order valence-corrected chi connectivity index (χ3v) is 2.49. The number of nitrogens with one attached hydrogen (secondary N) is 1. The van der Waals surface area contributed by atoms with E-state index in [1.807, 2.05) is 0 Å². The fourth-order valence-electron chi connectivity index (χ4n) is 1.55. The van der Waals surface area contributed by atoms with Gasteiger partial charge in [-0.3, -0.25) is 4.90 Å². The van der Waals surface area contributed by atoms with Crippen molar-refractivity contribution >= 4 is 18.0 Å². The highest BCUT2D eigenvalue weighted by molar-refractivity contribution is 5.85. The summed E-state index contributed by atoms with van der Waals surface area (Å²) in [6.07, 6.45) is 0.430. The quantitative estimate of drug-likeness (QED) is 0.911. The lowest BCUT2D eigenvalue weighted by Gasteiger charge is -2.24. The van der Waals surface area contributed by atoms with Crippen molar-refractivity contribution in [3.05, 3.63) is 18.1 Å². The van der Waals surface area contributed by atoms with Gasteiger partial charge in [0.05, 0.1) is 6.54 Å². The van der Waals surface area contributed by atoms with Crippen molar-refractivity contribution in [1.82, 2.24) is 15.3 Å². The minimum atomic E-state index is -0.598. The average Bonchev–Trinajstić information content (AvgIpc) is 2.41. The van der Waals surface area contributed by atoms with Crippen molar-refractivity contribution in [1.29, 1.82) is 0 Å².